The molecule has 0 aromatic rings. The zero-order chi connectivity index (χ0) is 11.3. The molecule has 2 N–H and O–H groups in total. The van der Waals surface area contributed by atoms with E-state index in [2.05, 4.69) is 0 Å². The summed E-state index contributed by atoms with van der Waals surface area (Å²) in [5.41, 5.74) is 0.921. The molecule has 6 saturated carbocycles. The molecule has 0 radical (unpaired) electrons. The molecule has 2 atom stereocenters. The van der Waals surface area contributed by atoms with Gasteiger partial charge < -0.3 is 10.2 Å². The van der Waals surface area contributed by atoms with Crippen LogP contribution in [0, 0.1) is 28.1 Å². The predicted octanol–water partition coefficient (Wildman–Crippen LogP) is 1.84. The van der Waals surface area contributed by atoms with Gasteiger partial charge in [-0.3, -0.25) is 0 Å². The highest BCUT2D eigenvalue weighted by atomic mass is 16.3. The summed E-state index contributed by atoms with van der Waals surface area (Å²) < 4.78 is 0. The zero-order valence-corrected chi connectivity index (χ0v) is 10.2. The van der Waals surface area contributed by atoms with Crippen molar-refractivity contribution in [2.24, 2.45) is 28.1 Å². The van der Waals surface area contributed by atoms with E-state index in [-0.39, 0.29) is 11.2 Å². The molecule has 0 aromatic heterocycles. The predicted molar refractivity (Wildman–Crippen MR) is 61.1 cm³/mol. The first-order valence-corrected chi connectivity index (χ1v) is 7.51. The fourth-order valence-electron chi connectivity index (χ4n) is 6.86. The van der Waals surface area contributed by atoms with Crippen molar-refractivity contribution in [3.63, 3.8) is 0 Å². The lowest BCUT2D eigenvalue weighted by Crippen LogP contribution is -2.16. The largest absolute Gasteiger partial charge is 0.390 e. The molecule has 0 heterocycles. The minimum Gasteiger partial charge on any atom is -0.390 e. The second kappa shape index (κ2) is 1.84. The minimum atomic E-state index is -0.286. The van der Waals surface area contributed by atoms with Gasteiger partial charge in [-0.25, -0.2) is 0 Å². The highest BCUT2D eigenvalue weighted by molar-refractivity contribution is 5.54. The Hall–Kier alpha value is -0.0800. The van der Waals surface area contributed by atoms with Gasteiger partial charge in [0.05, 0.1) is 11.2 Å². The zero-order valence-electron chi connectivity index (χ0n) is 10.2. The minimum absolute atomic E-state index is 0.286. The maximum atomic E-state index is 10.6. The van der Waals surface area contributed by atoms with Crippen LogP contribution in [0.4, 0.5) is 0 Å². The third kappa shape index (κ3) is 0.631. The Morgan fingerprint density at radius 1 is 0.588 bits per heavy atom. The van der Waals surface area contributed by atoms with Gasteiger partial charge in [-0.1, -0.05) is 0 Å². The van der Waals surface area contributed by atoms with E-state index < -0.39 is 0 Å². The van der Waals surface area contributed by atoms with Crippen molar-refractivity contribution in [3.8, 4) is 0 Å². The van der Waals surface area contributed by atoms with Gasteiger partial charge in [-0.15, -0.1) is 0 Å². The van der Waals surface area contributed by atoms with Crippen molar-refractivity contribution < 1.29 is 10.2 Å². The maximum Gasteiger partial charge on any atom is 0.0689 e. The molecule has 2 nitrogen and oxygen atoms in total. The Balaban J connectivity index is 1.50. The number of hydrogen-bond acceptors (Lipinski definition) is 2. The molecule has 17 heavy (non-hydrogen) atoms. The average Bonchev–Trinajstić information content (AvgIpc) is 3.03. The molecule has 6 aliphatic rings. The molecule has 0 bridgehead atoms. The standard InChI is InChI=1S/C15H20O2/c16-13(5-6-13)9-11(1-2-11)15(9)10(12(15)3-4-12)14(17)7-8-14/h9-10,16-17H,1-8H2/t9-,10-,15?/m1/s1. The van der Waals surface area contributed by atoms with Gasteiger partial charge in [-0.05, 0) is 67.6 Å². The summed E-state index contributed by atoms with van der Waals surface area (Å²) in [7, 11) is 0. The normalized spacial score (nSPS) is 58.2. The van der Waals surface area contributed by atoms with Crippen molar-refractivity contribution in [1.82, 2.24) is 0 Å². The fourth-order valence-corrected chi connectivity index (χ4v) is 6.86. The van der Waals surface area contributed by atoms with Crippen LogP contribution in [0.5, 0.6) is 0 Å². The van der Waals surface area contributed by atoms with E-state index in [1.165, 1.54) is 25.7 Å². The average molecular weight is 232 g/mol. The van der Waals surface area contributed by atoms with Crippen LogP contribution >= 0.6 is 0 Å². The fraction of sp³-hybridized carbons (Fsp3) is 1.00. The van der Waals surface area contributed by atoms with E-state index in [4.69, 9.17) is 0 Å². The highest BCUT2D eigenvalue weighted by Crippen LogP contribution is 3.09. The van der Waals surface area contributed by atoms with Crippen LogP contribution in [0.2, 0.25) is 0 Å². The lowest BCUT2D eigenvalue weighted by molar-refractivity contribution is 0.0943. The topological polar surface area (TPSA) is 40.5 Å². The molecule has 0 aliphatic heterocycles. The van der Waals surface area contributed by atoms with Gasteiger partial charge in [0.1, 0.15) is 0 Å². The molecule has 92 valence electrons. The second-order valence-electron chi connectivity index (χ2n) is 8.25. The van der Waals surface area contributed by atoms with Crippen molar-refractivity contribution in [2.45, 2.75) is 62.6 Å². The third-order valence-electron chi connectivity index (χ3n) is 7.67. The Kier molecular flexibility index (Phi) is 0.965. The summed E-state index contributed by atoms with van der Waals surface area (Å²) in [6, 6.07) is 0. The van der Waals surface area contributed by atoms with Gasteiger partial charge in [0.15, 0.2) is 0 Å². The van der Waals surface area contributed by atoms with Crippen molar-refractivity contribution in [3.05, 3.63) is 0 Å². The summed E-state index contributed by atoms with van der Waals surface area (Å²) >= 11 is 0. The van der Waals surface area contributed by atoms with Gasteiger partial charge >= 0.3 is 0 Å². The smallest absolute Gasteiger partial charge is 0.0689 e. The molecule has 6 rings (SSSR count). The van der Waals surface area contributed by atoms with Gasteiger partial charge in [0, 0.05) is 11.8 Å². The highest BCUT2D eigenvalue weighted by Gasteiger charge is 3.07. The van der Waals surface area contributed by atoms with E-state index in [9.17, 15) is 10.2 Å². The third-order valence-corrected chi connectivity index (χ3v) is 7.67. The monoisotopic (exact) mass is 232 g/mol. The summed E-state index contributed by atoms with van der Waals surface area (Å²) in [6.45, 7) is 0. The van der Waals surface area contributed by atoms with Gasteiger partial charge in [0.25, 0.3) is 0 Å². The molecule has 2 heteroatoms. The van der Waals surface area contributed by atoms with Crippen LogP contribution in [0.25, 0.3) is 0 Å². The lowest BCUT2D eigenvalue weighted by Gasteiger charge is -2.08. The molecule has 0 saturated heterocycles. The molecule has 6 fully saturated rings. The van der Waals surface area contributed by atoms with Crippen LogP contribution in [0.3, 0.4) is 0 Å². The van der Waals surface area contributed by atoms with E-state index >= 15 is 0 Å². The lowest BCUT2D eigenvalue weighted by atomic mass is 10.1. The number of rotatable bonds is 2. The SMILES string of the molecule is OC1([C@H]2C3(CC3)C23[C@@H](C2(O)CC2)C32CC2)CC1. The summed E-state index contributed by atoms with van der Waals surface area (Å²) in [4.78, 5) is 0. The molecular weight excluding hydrogens is 212 g/mol. The molecule has 6 aliphatic carbocycles. The molecule has 0 amide bonds. The van der Waals surface area contributed by atoms with Crippen molar-refractivity contribution in [2.75, 3.05) is 0 Å². The maximum absolute atomic E-state index is 10.6. The number of fused-ring (bicyclic) bond motifs is 2. The van der Waals surface area contributed by atoms with Crippen molar-refractivity contribution in [1.29, 1.82) is 0 Å². The first-order valence-electron chi connectivity index (χ1n) is 7.51. The van der Waals surface area contributed by atoms with E-state index in [0.29, 0.717) is 28.1 Å². The van der Waals surface area contributed by atoms with E-state index in [0.717, 1.165) is 25.7 Å². The van der Waals surface area contributed by atoms with Crippen LogP contribution in [-0.2, 0) is 0 Å². The van der Waals surface area contributed by atoms with Crippen LogP contribution < -0.4 is 0 Å². The molecule has 3 spiro atoms. The Morgan fingerprint density at radius 2 is 0.941 bits per heavy atom. The quantitative estimate of drug-likeness (QED) is 0.762. The van der Waals surface area contributed by atoms with Crippen molar-refractivity contribution >= 4 is 0 Å². The van der Waals surface area contributed by atoms with Crippen LogP contribution in [0.1, 0.15) is 51.4 Å². The number of hydrogen-bond donors (Lipinski definition) is 2. The summed E-state index contributed by atoms with van der Waals surface area (Å²) in [6.07, 6.45) is 9.60. The molecule has 0 aromatic carbocycles. The Bertz CT molecular complexity index is 419. The number of aliphatic hydroxyl groups is 2. The second-order valence-corrected chi connectivity index (χ2v) is 8.25. The Labute approximate surface area is 101 Å². The van der Waals surface area contributed by atoms with E-state index in [1.54, 1.807) is 0 Å². The first-order chi connectivity index (χ1) is 8.06. The van der Waals surface area contributed by atoms with Crippen LogP contribution in [0.15, 0.2) is 0 Å². The van der Waals surface area contributed by atoms with Crippen LogP contribution in [-0.4, -0.2) is 21.4 Å². The Morgan fingerprint density at radius 3 is 1.18 bits per heavy atom. The summed E-state index contributed by atoms with van der Waals surface area (Å²) in [5.74, 6) is 1.19. The van der Waals surface area contributed by atoms with Gasteiger partial charge in [-0.2, -0.15) is 0 Å². The summed E-state index contributed by atoms with van der Waals surface area (Å²) in [5, 5.41) is 21.2. The first kappa shape index (κ1) is 8.92. The molecular formula is C15H20O2. The van der Waals surface area contributed by atoms with Gasteiger partial charge in [0.2, 0.25) is 0 Å². The molecule has 0 unspecified atom stereocenters. The van der Waals surface area contributed by atoms with E-state index in [1.807, 2.05) is 0 Å².